The Labute approximate surface area is 104 Å². The van der Waals surface area contributed by atoms with Crippen LogP contribution in [0.1, 0.15) is 32.1 Å². The molecule has 0 bridgehead atoms. The third kappa shape index (κ3) is 2.13. The number of likely N-dealkylation sites (tertiary alicyclic amines) is 1. The minimum atomic E-state index is 0.0189. The molecule has 0 spiro atoms. The van der Waals surface area contributed by atoms with Crippen LogP contribution in [0, 0.1) is 5.92 Å². The summed E-state index contributed by atoms with van der Waals surface area (Å²) in [5.41, 5.74) is 0. The fraction of sp³-hybridized carbons (Fsp3) is 0.727. The molecule has 2 fully saturated rings. The van der Waals surface area contributed by atoms with Gasteiger partial charge in [-0.05, 0) is 25.2 Å². The van der Waals surface area contributed by atoms with E-state index < -0.39 is 0 Å². The summed E-state index contributed by atoms with van der Waals surface area (Å²) in [7, 11) is 0. The largest absolute Gasteiger partial charge is 0.322 e. The lowest BCUT2D eigenvalue weighted by Crippen LogP contribution is -2.41. The highest BCUT2D eigenvalue weighted by molar-refractivity contribution is 7.10. The van der Waals surface area contributed by atoms with E-state index in [4.69, 9.17) is 0 Å². The minimum absolute atomic E-state index is 0.0189. The van der Waals surface area contributed by atoms with E-state index in [1.54, 1.807) is 6.20 Å². The number of carbonyl (C=O) groups is 1. The van der Waals surface area contributed by atoms with Crippen molar-refractivity contribution in [1.82, 2.24) is 14.5 Å². The van der Waals surface area contributed by atoms with Gasteiger partial charge >= 0.3 is 6.03 Å². The van der Waals surface area contributed by atoms with Crippen molar-refractivity contribution in [3.05, 3.63) is 6.20 Å². The van der Waals surface area contributed by atoms with Crippen LogP contribution in [0.2, 0.25) is 0 Å². The van der Waals surface area contributed by atoms with Crippen molar-refractivity contribution in [3.63, 3.8) is 0 Å². The Morgan fingerprint density at radius 3 is 3.12 bits per heavy atom. The molecule has 1 saturated heterocycles. The Morgan fingerprint density at radius 1 is 1.41 bits per heavy atom. The van der Waals surface area contributed by atoms with Crippen molar-refractivity contribution in [1.29, 1.82) is 0 Å². The third-order valence-electron chi connectivity index (χ3n) is 3.86. The zero-order valence-electron chi connectivity index (χ0n) is 9.63. The van der Waals surface area contributed by atoms with E-state index in [0.717, 1.165) is 17.5 Å². The van der Waals surface area contributed by atoms with Crippen molar-refractivity contribution in [2.75, 3.05) is 11.9 Å². The van der Waals surface area contributed by atoms with E-state index in [2.05, 4.69) is 14.9 Å². The summed E-state index contributed by atoms with van der Waals surface area (Å²) >= 11 is 1.22. The molecule has 1 aromatic rings. The van der Waals surface area contributed by atoms with Crippen LogP contribution in [0.5, 0.6) is 0 Å². The predicted octanol–water partition coefficient (Wildman–Crippen LogP) is 2.33. The second kappa shape index (κ2) is 4.60. The van der Waals surface area contributed by atoms with Gasteiger partial charge in [0.25, 0.3) is 0 Å². The number of aromatic nitrogens is 2. The number of nitrogens with zero attached hydrogens (tertiary/aromatic N) is 3. The summed E-state index contributed by atoms with van der Waals surface area (Å²) in [5, 5.41) is 7.33. The standard InChI is InChI=1S/C11H16N4OS/c16-11(13-10-7-12-14-17-10)15-6-5-8-3-1-2-4-9(8)15/h7-9H,1-6H2,(H,13,16). The summed E-state index contributed by atoms with van der Waals surface area (Å²) < 4.78 is 3.74. The molecule has 2 heterocycles. The molecule has 2 atom stereocenters. The van der Waals surface area contributed by atoms with Gasteiger partial charge in [0, 0.05) is 24.1 Å². The molecule has 0 aromatic carbocycles. The zero-order valence-corrected chi connectivity index (χ0v) is 10.4. The van der Waals surface area contributed by atoms with Gasteiger partial charge in [-0.25, -0.2) is 4.79 Å². The lowest BCUT2D eigenvalue weighted by atomic mass is 9.85. The molecular formula is C11H16N4OS. The van der Waals surface area contributed by atoms with Crippen molar-refractivity contribution < 1.29 is 4.79 Å². The molecule has 1 saturated carbocycles. The topological polar surface area (TPSA) is 58.1 Å². The summed E-state index contributed by atoms with van der Waals surface area (Å²) in [6.07, 6.45) is 7.80. The second-order valence-corrected chi connectivity index (χ2v) is 5.59. The van der Waals surface area contributed by atoms with Crippen molar-refractivity contribution in [2.24, 2.45) is 5.92 Å². The van der Waals surface area contributed by atoms with E-state index in [1.807, 2.05) is 4.90 Å². The monoisotopic (exact) mass is 252 g/mol. The van der Waals surface area contributed by atoms with Crippen LogP contribution in [0.3, 0.4) is 0 Å². The molecule has 17 heavy (non-hydrogen) atoms. The maximum atomic E-state index is 12.1. The first-order valence-electron chi connectivity index (χ1n) is 6.19. The van der Waals surface area contributed by atoms with Gasteiger partial charge in [0.15, 0.2) is 0 Å². The first kappa shape index (κ1) is 11.0. The minimum Gasteiger partial charge on any atom is -0.321 e. The number of urea groups is 1. The Balaban J connectivity index is 1.66. The average molecular weight is 252 g/mol. The molecular weight excluding hydrogens is 236 g/mol. The zero-order chi connectivity index (χ0) is 11.7. The molecule has 2 amide bonds. The molecule has 6 heteroatoms. The van der Waals surface area contributed by atoms with E-state index in [-0.39, 0.29) is 6.03 Å². The van der Waals surface area contributed by atoms with Gasteiger partial charge in [-0.2, -0.15) is 0 Å². The maximum Gasteiger partial charge on any atom is 0.322 e. The van der Waals surface area contributed by atoms with Crippen LogP contribution in [0.4, 0.5) is 9.80 Å². The van der Waals surface area contributed by atoms with Gasteiger partial charge < -0.3 is 4.90 Å². The molecule has 2 aliphatic rings. The molecule has 3 rings (SSSR count). The van der Waals surface area contributed by atoms with Crippen LogP contribution in [0.25, 0.3) is 0 Å². The van der Waals surface area contributed by atoms with Crippen LogP contribution in [0.15, 0.2) is 6.20 Å². The number of anilines is 1. The summed E-state index contributed by atoms with van der Waals surface area (Å²) in [6, 6.07) is 0.482. The fourth-order valence-corrected chi connectivity index (χ4v) is 3.47. The number of fused-ring (bicyclic) bond motifs is 1. The maximum absolute atomic E-state index is 12.1. The highest BCUT2D eigenvalue weighted by atomic mass is 32.1. The third-order valence-corrected chi connectivity index (χ3v) is 4.44. The van der Waals surface area contributed by atoms with Crippen LogP contribution in [-0.2, 0) is 0 Å². The molecule has 5 nitrogen and oxygen atoms in total. The number of carbonyl (C=O) groups excluding carboxylic acids is 1. The van der Waals surface area contributed by atoms with Crippen molar-refractivity contribution >= 4 is 22.6 Å². The Hall–Kier alpha value is -1.17. The number of rotatable bonds is 1. The van der Waals surface area contributed by atoms with Crippen LogP contribution >= 0.6 is 11.5 Å². The molecule has 1 aliphatic carbocycles. The summed E-state index contributed by atoms with van der Waals surface area (Å²) in [4.78, 5) is 14.1. The molecule has 92 valence electrons. The fourth-order valence-electron chi connectivity index (χ4n) is 3.06. The normalized spacial score (nSPS) is 27.9. The number of amides is 2. The Morgan fingerprint density at radius 2 is 2.29 bits per heavy atom. The first-order valence-corrected chi connectivity index (χ1v) is 6.97. The Kier molecular flexibility index (Phi) is 2.96. The highest BCUT2D eigenvalue weighted by Crippen LogP contribution is 2.36. The van der Waals surface area contributed by atoms with Gasteiger partial charge in [-0.15, -0.1) is 5.10 Å². The van der Waals surface area contributed by atoms with E-state index in [9.17, 15) is 4.79 Å². The smallest absolute Gasteiger partial charge is 0.321 e. The van der Waals surface area contributed by atoms with Crippen molar-refractivity contribution in [3.8, 4) is 0 Å². The molecule has 0 radical (unpaired) electrons. The second-order valence-electron chi connectivity index (χ2n) is 4.81. The number of nitrogens with one attached hydrogen (secondary N) is 1. The van der Waals surface area contributed by atoms with Gasteiger partial charge in [0.1, 0.15) is 5.00 Å². The van der Waals surface area contributed by atoms with Gasteiger partial charge in [-0.3, -0.25) is 5.32 Å². The number of hydrogen-bond donors (Lipinski definition) is 1. The number of hydrogen-bond acceptors (Lipinski definition) is 4. The molecule has 1 aliphatic heterocycles. The lowest BCUT2D eigenvalue weighted by Gasteiger charge is -2.31. The average Bonchev–Trinajstić information content (AvgIpc) is 2.96. The quantitative estimate of drug-likeness (QED) is 0.834. The van der Waals surface area contributed by atoms with E-state index in [0.29, 0.717) is 6.04 Å². The van der Waals surface area contributed by atoms with E-state index in [1.165, 1.54) is 43.6 Å². The lowest BCUT2D eigenvalue weighted by molar-refractivity contribution is 0.182. The van der Waals surface area contributed by atoms with Crippen molar-refractivity contribution in [2.45, 2.75) is 38.1 Å². The van der Waals surface area contributed by atoms with Gasteiger partial charge in [0.2, 0.25) is 0 Å². The summed E-state index contributed by atoms with van der Waals surface area (Å²) in [6.45, 7) is 0.896. The summed E-state index contributed by atoms with van der Waals surface area (Å²) in [5.74, 6) is 0.731. The van der Waals surface area contributed by atoms with Gasteiger partial charge in [0.05, 0.1) is 6.20 Å². The van der Waals surface area contributed by atoms with Crippen LogP contribution in [-0.4, -0.2) is 33.1 Å². The first-order chi connectivity index (χ1) is 8.34. The molecule has 1 aromatic heterocycles. The van der Waals surface area contributed by atoms with E-state index >= 15 is 0 Å². The predicted molar refractivity (Wildman–Crippen MR) is 66.0 cm³/mol. The highest BCUT2D eigenvalue weighted by Gasteiger charge is 2.38. The molecule has 2 unspecified atom stereocenters. The van der Waals surface area contributed by atoms with Gasteiger partial charge in [-0.1, -0.05) is 17.3 Å². The molecule has 1 N–H and O–H groups in total. The van der Waals surface area contributed by atoms with Crippen LogP contribution < -0.4 is 5.32 Å². The SMILES string of the molecule is O=C(Nc1cnns1)N1CCC2CCCCC21. The Bertz CT molecular complexity index is 394.